The minimum Gasteiger partial charge on any atom is -0.381 e. The maximum absolute atomic E-state index is 11.1. The maximum atomic E-state index is 11.1. The average molecular weight is 230 g/mol. The molecule has 0 aromatic carbocycles. The highest BCUT2D eigenvalue weighted by Gasteiger charge is 2.18. The van der Waals surface area contributed by atoms with Crippen molar-refractivity contribution in [3.8, 4) is 0 Å². The van der Waals surface area contributed by atoms with Crippen LogP contribution in [0.2, 0.25) is 0 Å². The Bertz CT molecular complexity index is 205. The number of rotatable bonds is 8. The lowest BCUT2D eigenvalue weighted by molar-refractivity contribution is -0.121. The van der Waals surface area contributed by atoms with Crippen LogP contribution in [-0.4, -0.2) is 44.9 Å². The SMILES string of the molecule is CCCNC(COCC1CCOC1)C(N)=O. The van der Waals surface area contributed by atoms with E-state index in [9.17, 15) is 4.79 Å². The zero-order valence-electron chi connectivity index (χ0n) is 9.91. The standard InChI is InChI=1S/C11H22N2O3/c1-2-4-13-10(11(12)14)8-16-7-9-3-5-15-6-9/h9-10,13H,2-8H2,1H3,(H2,12,14). The van der Waals surface area contributed by atoms with E-state index in [4.69, 9.17) is 15.2 Å². The lowest BCUT2D eigenvalue weighted by Crippen LogP contribution is -2.45. The lowest BCUT2D eigenvalue weighted by atomic mass is 10.1. The van der Waals surface area contributed by atoms with Gasteiger partial charge in [0.05, 0.1) is 19.8 Å². The van der Waals surface area contributed by atoms with E-state index in [-0.39, 0.29) is 11.9 Å². The van der Waals surface area contributed by atoms with Crippen LogP contribution in [0.3, 0.4) is 0 Å². The first kappa shape index (κ1) is 13.4. The maximum Gasteiger partial charge on any atom is 0.236 e. The number of primary amides is 1. The summed E-state index contributed by atoms with van der Waals surface area (Å²) in [6.07, 6.45) is 2.02. The van der Waals surface area contributed by atoms with Crippen LogP contribution in [0.4, 0.5) is 0 Å². The highest BCUT2D eigenvalue weighted by Crippen LogP contribution is 2.12. The predicted molar refractivity (Wildman–Crippen MR) is 61.0 cm³/mol. The number of nitrogens with one attached hydrogen (secondary N) is 1. The molecule has 0 bridgehead atoms. The summed E-state index contributed by atoms with van der Waals surface area (Å²) < 4.78 is 10.7. The second-order valence-corrected chi connectivity index (χ2v) is 4.18. The van der Waals surface area contributed by atoms with E-state index in [1.54, 1.807) is 0 Å². The normalized spacial score (nSPS) is 22.2. The van der Waals surface area contributed by atoms with Gasteiger partial charge in [0.2, 0.25) is 5.91 Å². The molecule has 0 aliphatic carbocycles. The topological polar surface area (TPSA) is 73.6 Å². The third kappa shape index (κ3) is 4.92. The Hall–Kier alpha value is -0.650. The third-order valence-electron chi connectivity index (χ3n) is 2.65. The molecule has 1 fully saturated rings. The van der Waals surface area contributed by atoms with E-state index in [1.807, 2.05) is 6.92 Å². The number of carbonyl (C=O) groups is 1. The van der Waals surface area contributed by atoms with Crippen molar-refractivity contribution in [3.05, 3.63) is 0 Å². The van der Waals surface area contributed by atoms with Crippen molar-refractivity contribution in [1.82, 2.24) is 5.32 Å². The van der Waals surface area contributed by atoms with Crippen molar-refractivity contribution in [2.45, 2.75) is 25.8 Å². The number of amides is 1. The summed E-state index contributed by atoms with van der Waals surface area (Å²) in [5, 5.41) is 3.06. The molecule has 1 heterocycles. The molecule has 0 radical (unpaired) electrons. The molecule has 1 amide bonds. The van der Waals surface area contributed by atoms with Crippen LogP contribution < -0.4 is 11.1 Å². The van der Waals surface area contributed by atoms with E-state index < -0.39 is 0 Å². The quantitative estimate of drug-likeness (QED) is 0.610. The van der Waals surface area contributed by atoms with Crippen LogP contribution in [0.5, 0.6) is 0 Å². The summed E-state index contributed by atoms with van der Waals surface area (Å²) in [6.45, 7) is 5.42. The first-order valence-corrected chi connectivity index (χ1v) is 5.92. The molecule has 1 saturated heterocycles. The first-order valence-electron chi connectivity index (χ1n) is 5.92. The zero-order valence-corrected chi connectivity index (χ0v) is 9.91. The largest absolute Gasteiger partial charge is 0.381 e. The Kier molecular flexibility index (Phi) is 6.37. The van der Waals surface area contributed by atoms with Gasteiger partial charge in [-0.25, -0.2) is 0 Å². The molecule has 3 N–H and O–H groups in total. The van der Waals surface area contributed by atoms with Crippen molar-refractivity contribution in [2.75, 3.05) is 33.0 Å². The Morgan fingerprint density at radius 3 is 3.06 bits per heavy atom. The molecule has 1 aliphatic rings. The Balaban J connectivity index is 2.13. The van der Waals surface area contributed by atoms with Crippen LogP contribution in [0.15, 0.2) is 0 Å². The summed E-state index contributed by atoms with van der Waals surface area (Å²) >= 11 is 0. The average Bonchev–Trinajstić information content (AvgIpc) is 2.75. The fourth-order valence-electron chi connectivity index (χ4n) is 1.63. The summed E-state index contributed by atoms with van der Waals surface area (Å²) in [5.74, 6) is 0.121. The molecule has 0 spiro atoms. The van der Waals surface area contributed by atoms with Crippen molar-refractivity contribution in [3.63, 3.8) is 0 Å². The fourth-order valence-corrected chi connectivity index (χ4v) is 1.63. The van der Waals surface area contributed by atoms with E-state index in [0.717, 1.165) is 32.6 Å². The summed E-state index contributed by atoms with van der Waals surface area (Å²) in [7, 11) is 0. The minimum absolute atomic E-state index is 0.351. The van der Waals surface area contributed by atoms with Gasteiger partial charge in [0, 0.05) is 12.5 Å². The number of carbonyl (C=O) groups excluding carboxylic acids is 1. The molecule has 2 unspecified atom stereocenters. The highest BCUT2D eigenvalue weighted by molar-refractivity contribution is 5.79. The lowest BCUT2D eigenvalue weighted by Gasteiger charge is -2.16. The molecule has 0 aromatic heterocycles. The number of nitrogens with two attached hydrogens (primary N) is 1. The van der Waals surface area contributed by atoms with Gasteiger partial charge in [0.25, 0.3) is 0 Å². The Labute approximate surface area is 96.7 Å². The molecular weight excluding hydrogens is 208 g/mol. The molecule has 1 rings (SSSR count). The van der Waals surface area contributed by atoms with Gasteiger partial charge in [-0.3, -0.25) is 4.79 Å². The predicted octanol–water partition coefficient (Wildman–Crippen LogP) is -0.107. The Morgan fingerprint density at radius 2 is 2.50 bits per heavy atom. The third-order valence-corrected chi connectivity index (χ3v) is 2.65. The van der Waals surface area contributed by atoms with Crippen LogP contribution in [0.25, 0.3) is 0 Å². The van der Waals surface area contributed by atoms with Crippen LogP contribution >= 0.6 is 0 Å². The van der Waals surface area contributed by atoms with Gasteiger partial charge in [-0.1, -0.05) is 6.92 Å². The van der Waals surface area contributed by atoms with Gasteiger partial charge >= 0.3 is 0 Å². The molecule has 5 nitrogen and oxygen atoms in total. The van der Waals surface area contributed by atoms with Gasteiger partial charge in [-0.15, -0.1) is 0 Å². The molecule has 16 heavy (non-hydrogen) atoms. The summed E-state index contributed by atoms with van der Waals surface area (Å²) in [5.41, 5.74) is 5.27. The highest BCUT2D eigenvalue weighted by atomic mass is 16.5. The van der Waals surface area contributed by atoms with E-state index >= 15 is 0 Å². The smallest absolute Gasteiger partial charge is 0.236 e. The van der Waals surface area contributed by atoms with Gasteiger partial charge in [-0.05, 0) is 19.4 Å². The van der Waals surface area contributed by atoms with Crippen LogP contribution in [-0.2, 0) is 14.3 Å². The molecular formula is C11H22N2O3. The van der Waals surface area contributed by atoms with Crippen molar-refractivity contribution in [2.24, 2.45) is 11.7 Å². The monoisotopic (exact) mass is 230 g/mol. The summed E-state index contributed by atoms with van der Waals surface area (Å²) in [4.78, 5) is 11.1. The molecule has 2 atom stereocenters. The van der Waals surface area contributed by atoms with E-state index in [0.29, 0.717) is 19.1 Å². The van der Waals surface area contributed by atoms with Crippen molar-refractivity contribution < 1.29 is 14.3 Å². The number of hydrogen-bond donors (Lipinski definition) is 2. The van der Waals surface area contributed by atoms with Gasteiger partial charge < -0.3 is 20.5 Å². The van der Waals surface area contributed by atoms with Gasteiger partial charge in [0.1, 0.15) is 6.04 Å². The molecule has 0 aromatic rings. The Morgan fingerprint density at radius 1 is 1.69 bits per heavy atom. The summed E-state index contributed by atoms with van der Waals surface area (Å²) in [6, 6.07) is -0.373. The zero-order chi connectivity index (χ0) is 11.8. The van der Waals surface area contributed by atoms with Gasteiger partial charge in [-0.2, -0.15) is 0 Å². The first-order chi connectivity index (χ1) is 7.74. The van der Waals surface area contributed by atoms with Crippen LogP contribution in [0, 0.1) is 5.92 Å². The number of hydrogen-bond acceptors (Lipinski definition) is 4. The fraction of sp³-hybridized carbons (Fsp3) is 0.909. The molecule has 94 valence electrons. The van der Waals surface area contributed by atoms with E-state index in [1.165, 1.54) is 0 Å². The number of ether oxygens (including phenoxy) is 2. The minimum atomic E-state index is -0.373. The van der Waals surface area contributed by atoms with Gasteiger partial charge in [0.15, 0.2) is 0 Å². The second kappa shape index (κ2) is 7.60. The second-order valence-electron chi connectivity index (χ2n) is 4.18. The van der Waals surface area contributed by atoms with E-state index in [2.05, 4.69) is 5.32 Å². The molecule has 0 saturated carbocycles. The molecule has 1 aliphatic heterocycles. The van der Waals surface area contributed by atoms with Crippen molar-refractivity contribution >= 4 is 5.91 Å². The van der Waals surface area contributed by atoms with Crippen LogP contribution in [0.1, 0.15) is 19.8 Å². The van der Waals surface area contributed by atoms with Crippen molar-refractivity contribution in [1.29, 1.82) is 0 Å². The molecule has 5 heteroatoms.